The summed E-state index contributed by atoms with van der Waals surface area (Å²) in [7, 11) is 2.12. The molecule has 1 atom stereocenters. The van der Waals surface area contributed by atoms with E-state index in [4.69, 9.17) is 0 Å². The zero-order valence-electron chi connectivity index (χ0n) is 10.9. The summed E-state index contributed by atoms with van der Waals surface area (Å²) >= 11 is 0. The monoisotopic (exact) mass is 234 g/mol. The van der Waals surface area contributed by atoms with Gasteiger partial charge < -0.3 is 14.9 Å². The van der Waals surface area contributed by atoms with Gasteiger partial charge in [-0.3, -0.25) is 0 Å². The van der Waals surface area contributed by atoms with Gasteiger partial charge in [-0.2, -0.15) is 0 Å². The summed E-state index contributed by atoms with van der Waals surface area (Å²) in [6.45, 7) is 6.85. The Labute approximate surface area is 104 Å². The van der Waals surface area contributed by atoms with Gasteiger partial charge in [0.15, 0.2) is 0 Å². The van der Waals surface area contributed by atoms with E-state index in [2.05, 4.69) is 55.0 Å². The predicted molar refractivity (Wildman–Crippen MR) is 72.8 cm³/mol. The van der Waals surface area contributed by atoms with Crippen LogP contribution in [-0.4, -0.2) is 37.9 Å². The molecule has 1 aromatic rings. The number of β-amino-alcohol motifs (C(OH)–C–C–N with tert-alkyl or cyclic N) is 1. The molecular weight excluding hydrogens is 212 g/mol. The SMILES string of the molecule is CC(C)C(O)CN1CCN(C)c2ccccc21. The average molecular weight is 234 g/mol. The van der Waals surface area contributed by atoms with E-state index >= 15 is 0 Å². The first-order valence-electron chi connectivity index (χ1n) is 6.32. The predicted octanol–water partition coefficient (Wildman–Crippen LogP) is 1.96. The number of nitrogens with zero attached hydrogens (tertiary/aromatic N) is 2. The smallest absolute Gasteiger partial charge is 0.0737 e. The van der Waals surface area contributed by atoms with E-state index in [0.717, 1.165) is 19.6 Å². The van der Waals surface area contributed by atoms with Crippen LogP contribution in [0.3, 0.4) is 0 Å². The number of rotatable bonds is 3. The third-order valence-electron chi connectivity index (χ3n) is 3.52. The van der Waals surface area contributed by atoms with Gasteiger partial charge in [-0.15, -0.1) is 0 Å². The van der Waals surface area contributed by atoms with Crippen molar-refractivity contribution >= 4 is 11.4 Å². The first-order chi connectivity index (χ1) is 8.09. The number of aliphatic hydroxyl groups excluding tert-OH is 1. The highest BCUT2D eigenvalue weighted by atomic mass is 16.3. The largest absolute Gasteiger partial charge is 0.391 e. The van der Waals surface area contributed by atoms with Gasteiger partial charge in [-0.25, -0.2) is 0 Å². The van der Waals surface area contributed by atoms with Crippen LogP contribution in [-0.2, 0) is 0 Å². The molecule has 1 heterocycles. The molecule has 17 heavy (non-hydrogen) atoms. The second-order valence-corrected chi connectivity index (χ2v) is 5.17. The Balaban J connectivity index is 2.18. The fraction of sp³-hybridized carbons (Fsp3) is 0.571. The van der Waals surface area contributed by atoms with Gasteiger partial charge in [-0.1, -0.05) is 26.0 Å². The van der Waals surface area contributed by atoms with Crippen molar-refractivity contribution < 1.29 is 5.11 Å². The van der Waals surface area contributed by atoms with Crippen LogP contribution in [0, 0.1) is 5.92 Å². The van der Waals surface area contributed by atoms with Crippen molar-refractivity contribution in [3.8, 4) is 0 Å². The Morgan fingerprint density at radius 2 is 1.82 bits per heavy atom. The summed E-state index contributed by atoms with van der Waals surface area (Å²) in [5.41, 5.74) is 2.50. The van der Waals surface area contributed by atoms with E-state index in [9.17, 15) is 5.11 Å². The average Bonchev–Trinajstić information content (AvgIpc) is 2.33. The van der Waals surface area contributed by atoms with Crippen LogP contribution < -0.4 is 9.80 Å². The Kier molecular flexibility index (Phi) is 3.57. The van der Waals surface area contributed by atoms with E-state index < -0.39 is 0 Å². The van der Waals surface area contributed by atoms with Crippen LogP contribution in [0.2, 0.25) is 0 Å². The van der Waals surface area contributed by atoms with Crippen molar-refractivity contribution in [3.05, 3.63) is 24.3 Å². The lowest BCUT2D eigenvalue weighted by molar-refractivity contribution is 0.131. The van der Waals surface area contributed by atoms with Gasteiger partial charge in [0.1, 0.15) is 0 Å². The minimum atomic E-state index is -0.258. The third-order valence-corrected chi connectivity index (χ3v) is 3.52. The first kappa shape index (κ1) is 12.2. The zero-order valence-corrected chi connectivity index (χ0v) is 10.9. The highest BCUT2D eigenvalue weighted by molar-refractivity contribution is 5.73. The van der Waals surface area contributed by atoms with Crippen molar-refractivity contribution in [1.82, 2.24) is 0 Å². The number of fused-ring (bicyclic) bond motifs is 1. The summed E-state index contributed by atoms with van der Waals surface area (Å²) < 4.78 is 0. The van der Waals surface area contributed by atoms with Gasteiger partial charge in [-0.05, 0) is 18.1 Å². The summed E-state index contributed by atoms with van der Waals surface area (Å²) in [5, 5.41) is 10.0. The molecule has 0 saturated heterocycles. The van der Waals surface area contributed by atoms with Gasteiger partial charge in [0.2, 0.25) is 0 Å². The second-order valence-electron chi connectivity index (χ2n) is 5.17. The van der Waals surface area contributed by atoms with Crippen LogP contribution in [0.4, 0.5) is 11.4 Å². The second kappa shape index (κ2) is 4.96. The van der Waals surface area contributed by atoms with Crippen LogP contribution in [0.15, 0.2) is 24.3 Å². The van der Waals surface area contributed by atoms with Gasteiger partial charge in [0, 0.05) is 26.7 Å². The molecule has 0 amide bonds. The number of benzene rings is 1. The highest BCUT2D eigenvalue weighted by Gasteiger charge is 2.22. The third kappa shape index (κ3) is 2.55. The van der Waals surface area contributed by atoms with Crippen LogP contribution in [0.5, 0.6) is 0 Å². The first-order valence-corrected chi connectivity index (χ1v) is 6.32. The lowest BCUT2D eigenvalue weighted by Gasteiger charge is -2.38. The van der Waals surface area contributed by atoms with Crippen LogP contribution >= 0.6 is 0 Å². The van der Waals surface area contributed by atoms with E-state index in [1.165, 1.54) is 11.4 Å². The van der Waals surface area contributed by atoms with Crippen LogP contribution in [0.25, 0.3) is 0 Å². The molecular formula is C14H22N2O. The number of para-hydroxylation sites is 2. The summed E-state index contributed by atoms with van der Waals surface area (Å²) in [4.78, 5) is 4.56. The number of hydrogen-bond acceptors (Lipinski definition) is 3. The normalized spacial score (nSPS) is 17.2. The molecule has 0 aromatic heterocycles. The highest BCUT2D eigenvalue weighted by Crippen LogP contribution is 2.31. The maximum Gasteiger partial charge on any atom is 0.0737 e. The maximum atomic E-state index is 10.0. The van der Waals surface area contributed by atoms with Gasteiger partial charge in [0.05, 0.1) is 17.5 Å². The molecule has 0 saturated carbocycles. The zero-order chi connectivity index (χ0) is 12.4. The summed E-state index contributed by atoms with van der Waals surface area (Å²) in [6, 6.07) is 8.41. The quantitative estimate of drug-likeness (QED) is 0.866. The van der Waals surface area contributed by atoms with Crippen molar-refractivity contribution in [2.24, 2.45) is 5.92 Å². The van der Waals surface area contributed by atoms with E-state index in [1.54, 1.807) is 0 Å². The molecule has 0 radical (unpaired) electrons. The van der Waals surface area contributed by atoms with E-state index in [1.807, 2.05) is 0 Å². The molecule has 0 bridgehead atoms. The van der Waals surface area contributed by atoms with E-state index in [-0.39, 0.29) is 6.10 Å². The summed E-state index contributed by atoms with van der Waals surface area (Å²) in [6.07, 6.45) is -0.258. The topological polar surface area (TPSA) is 26.7 Å². The lowest BCUT2D eigenvalue weighted by Crippen LogP contribution is -2.43. The molecule has 0 aliphatic carbocycles. The van der Waals surface area contributed by atoms with Crippen molar-refractivity contribution in [3.63, 3.8) is 0 Å². The van der Waals surface area contributed by atoms with Crippen LogP contribution in [0.1, 0.15) is 13.8 Å². The maximum absolute atomic E-state index is 10.0. The molecule has 0 fully saturated rings. The number of aliphatic hydroxyl groups is 1. The standard InChI is InChI=1S/C14H22N2O/c1-11(2)14(17)10-16-9-8-15(3)12-6-4-5-7-13(12)16/h4-7,11,14,17H,8-10H2,1-3H3. The van der Waals surface area contributed by atoms with Crippen molar-refractivity contribution in [2.45, 2.75) is 20.0 Å². The number of hydrogen-bond donors (Lipinski definition) is 1. The molecule has 3 heteroatoms. The minimum absolute atomic E-state index is 0.258. The molecule has 0 spiro atoms. The lowest BCUT2D eigenvalue weighted by atomic mass is 10.1. The molecule has 1 unspecified atom stereocenters. The van der Waals surface area contributed by atoms with Crippen molar-refractivity contribution in [2.75, 3.05) is 36.5 Å². The fourth-order valence-corrected chi connectivity index (χ4v) is 2.19. The summed E-state index contributed by atoms with van der Waals surface area (Å²) in [5.74, 6) is 0.307. The van der Waals surface area contributed by atoms with Crippen molar-refractivity contribution in [1.29, 1.82) is 0 Å². The molecule has 1 aliphatic rings. The molecule has 2 rings (SSSR count). The Hall–Kier alpha value is -1.22. The number of anilines is 2. The molecule has 1 aromatic carbocycles. The van der Waals surface area contributed by atoms with Gasteiger partial charge in [0.25, 0.3) is 0 Å². The molecule has 1 aliphatic heterocycles. The Bertz CT molecular complexity index is 378. The Morgan fingerprint density at radius 1 is 1.18 bits per heavy atom. The fourth-order valence-electron chi connectivity index (χ4n) is 2.19. The van der Waals surface area contributed by atoms with Gasteiger partial charge >= 0.3 is 0 Å². The molecule has 3 nitrogen and oxygen atoms in total. The Morgan fingerprint density at radius 3 is 2.47 bits per heavy atom. The van der Waals surface area contributed by atoms with E-state index in [0.29, 0.717) is 5.92 Å². The minimum Gasteiger partial charge on any atom is -0.391 e. The molecule has 1 N–H and O–H groups in total. The number of likely N-dealkylation sites (N-methyl/N-ethyl adjacent to an activating group) is 1. The molecule has 94 valence electrons.